The van der Waals surface area contributed by atoms with Crippen LogP contribution in [0.4, 0.5) is 0 Å². The fraction of sp³-hybridized carbons (Fsp3) is 0.591. The van der Waals surface area contributed by atoms with Gasteiger partial charge in [0.1, 0.15) is 0 Å². The van der Waals surface area contributed by atoms with Crippen LogP contribution in [0.3, 0.4) is 0 Å². The number of hydrogen-bond donors (Lipinski definition) is 2. The second kappa shape index (κ2) is 8.34. The highest BCUT2D eigenvalue weighted by molar-refractivity contribution is 5.86. The first-order valence-corrected chi connectivity index (χ1v) is 10.6. The summed E-state index contributed by atoms with van der Waals surface area (Å²) in [5, 5.41) is 4.85. The van der Waals surface area contributed by atoms with Crippen LogP contribution in [-0.2, 0) is 6.42 Å². The smallest absolute Gasteiger partial charge is 0.193 e. The minimum Gasteiger partial charge on any atom is -0.361 e. The molecule has 2 aromatic rings. The van der Waals surface area contributed by atoms with Gasteiger partial charge in [0.25, 0.3) is 0 Å². The summed E-state index contributed by atoms with van der Waals surface area (Å²) in [6.45, 7) is 10.9. The number of aliphatic imine (C=N–C) groups is 1. The van der Waals surface area contributed by atoms with E-state index in [0.717, 1.165) is 38.6 Å². The lowest BCUT2D eigenvalue weighted by Crippen LogP contribution is -2.42. The summed E-state index contributed by atoms with van der Waals surface area (Å²) < 4.78 is 0. The topological polar surface area (TPSA) is 46.7 Å². The Morgan fingerprint density at radius 3 is 2.93 bits per heavy atom. The lowest BCUT2D eigenvalue weighted by molar-refractivity contribution is 0.249. The maximum atomic E-state index is 4.96. The summed E-state index contributed by atoms with van der Waals surface area (Å²) in [6, 6.07) is 7.23. The predicted octanol–water partition coefficient (Wildman–Crippen LogP) is 3.15. The molecule has 5 nitrogen and oxygen atoms in total. The summed E-state index contributed by atoms with van der Waals surface area (Å²) in [7, 11) is 0. The highest BCUT2D eigenvalue weighted by atomic mass is 15.3. The lowest BCUT2D eigenvalue weighted by Gasteiger charge is -2.25. The zero-order valence-corrected chi connectivity index (χ0v) is 16.8. The van der Waals surface area contributed by atoms with Gasteiger partial charge >= 0.3 is 0 Å². The molecule has 0 radical (unpaired) electrons. The minimum absolute atomic E-state index is 0.716. The number of hydrogen-bond acceptors (Lipinski definition) is 2. The summed E-state index contributed by atoms with van der Waals surface area (Å²) >= 11 is 0. The van der Waals surface area contributed by atoms with E-state index in [1.807, 2.05) is 0 Å². The summed E-state index contributed by atoms with van der Waals surface area (Å²) in [5.41, 5.74) is 3.93. The van der Waals surface area contributed by atoms with Crippen LogP contribution in [0.25, 0.3) is 10.9 Å². The van der Waals surface area contributed by atoms with Crippen LogP contribution in [0.2, 0.25) is 0 Å². The van der Waals surface area contributed by atoms with Gasteiger partial charge in [-0.1, -0.05) is 18.2 Å². The van der Waals surface area contributed by atoms with Crippen LogP contribution in [0, 0.1) is 6.92 Å². The number of benzene rings is 1. The number of aromatic nitrogens is 1. The molecule has 1 atom stereocenters. The van der Waals surface area contributed by atoms with Crippen LogP contribution in [-0.4, -0.2) is 66.1 Å². The average Bonchev–Trinajstić information content (AvgIpc) is 3.42. The second-order valence-electron chi connectivity index (χ2n) is 7.93. The zero-order chi connectivity index (χ0) is 18.6. The first-order chi connectivity index (χ1) is 13.3. The lowest BCUT2D eigenvalue weighted by atomic mass is 10.1. The molecule has 27 heavy (non-hydrogen) atoms. The standard InChI is InChI=1S/C22H33N5/c1-3-23-22(27-14-10-19(16-27)26-12-4-5-13-26)24-11-9-18-15-25-21-17(2)7-6-8-20(18)21/h6-8,15,19,25H,3-5,9-14,16H2,1-2H3,(H,23,24). The third kappa shape index (κ3) is 3.98. The summed E-state index contributed by atoms with van der Waals surface area (Å²) in [6.07, 6.45) is 7.14. The van der Waals surface area contributed by atoms with Crippen molar-refractivity contribution in [2.45, 2.75) is 45.6 Å². The van der Waals surface area contributed by atoms with Gasteiger partial charge in [-0.3, -0.25) is 9.89 Å². The molecular formula is C22H33N5. The first kappa shape index (κ1) is 18.4. The molecule has 1 unspecified atom stereocenters. The van der Waals surface area contributed by atoms with Gasteiger partial charge in [-0.25, -0.2) is 0 Å². The summed E-state index contributed by atoms with van der Waals surface area (Å²) in [5.74, 6) is 1.09. The van der Waals surface area contributed by atoms with E-state index in [2.05, 4.69) is 58.3 Å². The Balaban J connectivity index is 1.40. The SMILES string of the molecule is CCNC(=NCCc1c[nH]c2c(C)cccc12)N1CCC(N2CCCC2)C1. The monoisotopic (exact) mass is 367 g/mol. The first-order valence-electron chi connectivity index (χ1n) is 10.6. The van der Waals surface area contributed by atoms with Crippen molar-refractivity contribution in [1.29, 1.82) is 0 Å². The largest absolute Gasteiger partial charge is 0.361 e. The van der Waals surface area contributed by atoms with Crippen LogP contribution >= 0.6 is 0 Å². The molecule has 5 heteroatoms. The molecule has 146 valence electrons. The molecule has 4 rings (SSSR count). The number of H-pyrrole nitrogens is 1. The molecule has 3 heterocycles. The Bertz CT molecular complexity index is 787. The van der Waals surface area contributed by atoms with Crippen molar-refractivity contribution < 1.29 is 0 Å². The number of aromatic amines is 1. The fourth-order valence-corrected chi connectivity index (χ4v) is 4.62. The molecular weight excluding hydrogens is 334 g/mol. The maximum absolute atomic E-state index is 4.96. The normalized spacial score (nSPS) is 21.5. The van der Waals surface area contributed by atoms with Gasteiger partial charge in [0.05, 0.1) is 0 Å². The van der Waals surface area contributed by atoms with Crippen molar-refractivity contribution in [2.24, 2.45) is 4.99 Å². The molecule has 1 aromatic heterocycles. The Labute approximate surface area is 162 Å². The number of para-hydroxylation sites is 1. The molecule has 0 amide bonds. The number of nitrogens with one attached hydrogen (secondary N) is 2. The van der Waals surface area contributed by atoms with Crippen LogP contribution in [0.1, 0.15) is 37.3 Å². The minimum atomic E-state index is 0.716. The number of nitrogens with zero attached hydrogens (tertiary/aromatic N) is 3. The molecule has 0 saturated carbocycles. The fourth-order valence-electron chi connectivity index (χ4n) is 4.62. The van der Waals surface area contributed by atoms with E-state index in [0.29, 0.717) is 6.04 Å². The predicted molar refractivity (Wildman–Crippen MR) is 114 cm³/mol. The third-order valence-corrected chi connectivity index (χ3v) is 6.11. The van der Waals surface area contributed by atoms with Crippen molar-refractivity contribution in [2.75, 3.05) is 39.3 Å². The van der Waals surface area contributed by atoms with E-state index in [9.17, 15) is 0 Å². The van der Waals surface area contributed by atoms with E-state index >= 15 is 0 Å². The van der Waals surface area contributed by atoms with Gasteiger partial charge in [-0.05, 0) is 63.7 Å². The average molecular weight is 368 g/mol. The molecule has 2 aliphatic rings. The van der Waals surface area contributed by atoms with Crippen molar-refractivity contribution in [1.82, 2.24) is 20.1 Å². The molecule has 0 aliphatic carbocycles. The molecule has 2 saturated heterocycles. The highest BCUT2D eigenvalue weighted by Gasteiger charge is 2.30. The second-order valence-corrected chi connectivity index (χ2v) is 7.93. The van der Waals surface area contributed by atoms with Gasteiger partial charge in [0, 0.05) is 49.3 Å². The highest BCUT2D eigenvalue weighted by Crippen LogP contribution is 2.22. The van der Waals surface area contributed by atoms with Crippen LogP contribution in [0.5, 0.6) is 0 Å². The third-order valence-electron chi connectivity index (χ3n) is 6.11. The molecule has 0 spiro atoms. The number of rotatable bonds is 5. The summed E-state index contributed by atoms with van der Waals surface area (Å²) in [4.78, 5) is 13.5. The van der Waals surface area contributed by atoms with Crippen molar-refractivity contribution in [3.8, 4) is 0 Å². The van der Waals surface area contributed by atoms with E-state index in [1.165, 1.54) is 54.4 Å². The van der Waals surface area contributed by atoms with E-state index in [-0.39, 0.29) is 0 Å². The van der Waals surface area contributed by atoms with E-state index in [1.54, 1.807) is 0 Å². The molecule has 2 fully saturated rings. The number of likely N-dealkylation sites (tertiary alicyclic amines) is 2. The van der Waals surface area contributed by atoms with E-state index < -0.39 is 0 Å². The quantitative estimate of drug-likeness (QED) is 0.630. The Hall–Kier alpha value is -2.01. The molecule has 0 bridgehead atoms. The van der Waals surface area contributed by atoms with Crippen LogP contribution in [0.15, 0.2) is 29.4 Å². The molecule has 1 aromatic carbocycles. The molecule has 2 N–H and O–H groups in total. The number of aryl methyl sites for hydroxylation is 1. The van der Waals surface area contributed by atoms with Crippen molar-refractivity contribution >= 4 is 16.9 Å². The maximum Gasteiger partial charge on any atom is 0.193 e. The molecule has 2 aliphatic heterocycles. The Morgan fingerprint density at radius 1 is 1.26 bits per heavy atom. The van der Waals surface area contributed by atoms with Gasteiger partial charge in [0.2, 0.25) is 0 Å². The van der Waals surface area contributed by atoms with Gasteiger partial charge in [0.15, 0.2) is 5.96 Å². The van der Waals surface area contributed by atoms with Gasteiger partial charge < -0.3 is 15.2 Å². The zero-order valence-electron chi connectivity index (χ0n) is 16.8. The Morgan fingerprint density at radius 2 is 2.11 bits per heavy atom. The van der Waals surface area contributed by atoms with Gasteiger partial charge in [-0.2, -0.15) is 0 Å². The van der Waals surface area contributed by atoms with Crippen molar-refractivity contribution in [3.05, 3.63) is 35.5 Å². The van der Waals surface area contributed by atoms with Gasteiger partial charge in [-0.15, -0.1) is 0 Å². The Kier molecular flexibility index (Phi) is 5.67. The number of fused-ring (bicyclic) bond motifs is 1. The van der Waals surface area contributed by atoms with Crippen LogP contribution < -0.4 is 5.32 Å². The van der Waals surface area contributed by atoms with Crippen molar-refractivity contribution in [3.63, 3.8) is 0 Å². The van der Waals surface area contributed by atoms with E-state index in [4.69, 9.17) is 4.99 Å². The number of guanidine groups is 1.